The average molecular weight is 337 g/mol. The van der Waals surface area contributed by atoms with E-state index in [1.165, 1.54) is 0 Å². The van der Waals surface area contributed by atoms with Crippen LogP contribution in [-0.2, 0) is 16.1 Å². The average Bonchev–Trinajstić information content (AvgIpc) is 2.72. The third-order valence-corrected chi connectivity index (χ3v) is 3.95. The first-order chi connectivity index (χ1) is 12.0. The van der Waals surface area contributed by atoms with Gasteiger partial charge in [-0.05, 0) is 25.0 Å². The molecule has 2 aromatic rings. The summed E-state index contributed by atoms with van der Waals surface area (Å²) in [6.45, 7) is 3.85. The van der Waals surface area contributed by atoms with Crippen molar-refractivity contribution in [1.82, 2.24) is 5.32 Å². The Hall–Kier alpha value is -3.15. The molecule has 2 aromatic carbocycles. The summed E-state index contributed by atoms with van der Waals surface area (Å²) in [5, 5.41) is 5.33. The Morgan fingerprint density at radius 3 is 2.68 bits per heavy atom. The summed E-state index contributed by atoms with van der Waals surface area (Å²) in [7, 11) is 0. The summed E-state index contributed by atoms with van der Waals surface area (Å²) in [5.41, 5.74) is 4.04. The molecule has 1 heterocycles. The van der Waals surface area contributed by atoms with Crippen LogP contribution in [-0.4, -0.2) is 23.9 Å². The minimum atomic E-state index is -1.03. The number of nitrogens with one attached hydrogen (secondary N) is 2. The summed E-state index contributed by atoms with van der Waals surface area (Å²) in [5.74, 6) is -0.399. The second kappa shape index (κ2) is 7.17. The Balaban J connectivity index is 1.69. The van der Waals surface area contributed by atoms with Crippen LogP contribution in [0.5, 0.6) is 0 Å². The molecule has 0 saturated carbocycles. The van der Waals surface area contributed by atoms with Crippen LogP contribution in [0.4, 0.5) is 10.5 Å². The third-order valence-electron chi connectivity index (χ3n) is 3.95. The number of aryl methyl sites for hydroxylation is 1. The fourth-order valence-corrected chi connectivity index (χ4v) is 2.62. The summed E-state index contributed by atoms with van der Waals surface area (Å²) >= 11 is 0. The zero-order valence-corrected chi connectivity index (χ0v) is 14.1. The molecular weight excluding hydrogens is 318 g/mol. The van der Waals surface area contributed by atoms with E-state index in [1.807, 2.05) is 62.4 Å². The lowest BCUT2D eigenvalue weighted by molar-refractivity contribution is -0.117. The smallest absolute Gasteiger partial charge is 0.409 e. The highest BCUT2D eigenvalue weighted by molar-refractivity contribution is 6.11. The maximum atomic E-state index is 12.4. The van der Waals surface area contributed by atoms with E-state index in [1.54, 1.807) is 0 Å². The van der Waals surface area contributed by atoms with Gasteiger partial charge < -0.3 is 10.1 Å². The van der Waals surface area contributed by atoms with Crippen LogP contribution in [0.25, 0.3) is 0 Å². The Labute approximate surface area is 145 Å². The summed E-state index contributed by atoms with van der Waals surface area (Å²) in [6.07, 6.45) is -1.72. The van der Waals surface area contributed by atoms with Crippen molar-refractivity contribution in [3.63, 3.8) is 0 Å². The monoisotopic (exact) mass is 337 g/mol. The minimum absolute atomic E-state index is 0.128. The Morgan fingerprint density at radius 1 is 1.16 bits per heavy atom. The Kier molecular flexibility index (Phi) is 4.79. The molecule has 2 amide bonds. The number of amides is 2. The van der Waals surface area contributed by atoms with Crippen LogP contribution in [0, 0.1) is 6.92 Å². The van der Waals surface area contributed by atoms with Gasteiger partial charge in [-0.1, -0.05) is 48.5 Å². The van der Waals surface area contributed by atoms with E-state index in [9.17, 15) is 9.59 Å². The van der Waals surface area contributed by atoms with E-state index in [2.05, 4.69) is 15.6 Å². The molecule has 0 radical (unpaired) electrons. The predicted octanol–water partition coefficient (Wildman–Crippen LogP) is 3.01. The van der Waals surface area contributed by atoms with Crippen molar-refractivity contribution in [2.75, 3.05) is 5.32 Å². The van der Waals surface area contributed by atoms with Crippen LogP contribution in [0.2, 0.25) is 0 Å². The lowest BCUT2D eigenvalue weighted by Crippen LogP contribution is -2.42. The Morgan fingerprint density at radius 2 is 1.92 bits per heavy atom. The predicted molar refractivity (Wildman–Crippen MR) is 95.6 cm³/mol. The fourth-order valence-electron chi connectivity index (χ4n) is 2.62. The minimum Gasteiger partial charge on any atom is -0.445 e. The molecule has 1 atom stereocenters. The van der Waals surface area contributed by atoms with E-state index in [0.29, 0.717) is 5.71 Å². The topological polar surface area (TPSA) is 79.8 Å². The molecule has 2 N–H and O–H groups in total. The molecule has 0 fully saturated rings. The number of carbonyl (C=O) groups is 2. The fraction of sp³-hybridized carbons (Fsp3) is 0.211. The zero-order chi connectivity index (χ0) is 17.8. The van der Waals surface area contributed by atoms with Crippen molar-refractivity contribution in [1.29, 1.82) is 0 Å². The van der Waals surface area contributed by atoms with E-state index in [-0.39, 0.29) is 6.61 Å². The number of ether oxygens (including phenoxy) is 1. The van der Waals surface area contributed by atoms with Gasteiger partial charge in [0.15, 0.2) is 0 Å². The number of benzene rings is 2. The molecule has 0 aliphatic carbocycles. The molecule has 25 heavy (non-hydrogen) atoms. The van der Waals surface area contributed by atoms with Crippen molar-refractivity contribution < 1.29 is 14.3 Å². The van der Waals surface area contributed by atoms with Gasteiger partial charge in [-0.25, -0.2) is 4.79 Å². The molecule has 1 aliphatic heterocycles. The quantitative estimate of drug-likeness (QED) is 0.903. The van der Waals surface area contributed by atoms with Crippen molar-refractivity contribution in [3.8, 4) is 0 Å². The molecule has 128 valence electrons. The van der Waals surface area contributed by atoms with Crippen molar-refractivity contribution >= 4 is 23.4 Å². The number of fused-ring (bicyclic) bond motifs is 1. The second-order valence-corrected chi connectivity index (χ2v) is 5.81. The van der Waals surface area contributed by atoms with Crippen molar-refractivity contribution in [2.45, 2.75) is 26.6 Å². The standard InChI is InChI=1S/C19H19N3O3/c1-12-7-6-10-15-13(2)20-17(18(23)21-16(12)15)22-19(24)25-11-14-8-4-3-5-9-14/h3-10,17H,11H2,1-2H3,(H,21,23)(H,22,24). The summed E-state index contributed by atoms with van der Waals surface area (Å²) in [4.78, 5) is 28.7. The van der Waals surface area contributed by atoms with Gasteiger partial charge in [0, 0.05) is 11.3 Å². The number of rotatable bonds is 3. The largest absolute Gasteiger partial charge is 0.445 e. The number of alkyl carbamates (subject to hydrolysis) is 1. The van der Waals surface area contributed by atoms with Crippen LogP contribution < -0.4 is 10.6 Å². The van der Waals surface area contributed by atoms with Crippen molar-refractivity contribution in [2.24, 2.45) is 4.99 Å². The van der Waals surface area contributed by atoms with E-state index >= 15 is 0 Å². The number of aliphatic imine (C=N–C) groups is 1. The summed E-state index contributed by atoms with van der Waals surface area (Å²) in [6, 6.07) is 15.0. The Bertz CT molecular complexity index is 831. The molecule has 0 saturated heterocycles. The van der Waals surface area contributed by atoms with E-state index < -0.39 is 18.2 Å². The highest BCUT2D eigenvalue weighted by Crippen LogP contribution is 2.24. The van der Waals surface area contributed by atoms with Crippen LogP contribution in [0.1, 0.15) is 23.6 Å². The molecule has 0 aromatic heterocycles. The number of hydrogen-bond donors (Lipinski definition) is 2. The number of benzodiazepines with no additional fused rings is 1. The molecule has 6 nitrogen and oxygen atoms in total. The molecule has 0 bridgehead atoms. The number of hydrogen-bond acceptors (Lipinski definition) is 4. The summed E-state index contributed by atoms with van der Waals surface area (Å²) < 4.78 is 5.16. The van der Waals surface area contributed by atoms with Crippen molar-refractivity contribution in [3.05, 3.63) is 65.2 Å². The van der Waals surface area contributed by atoms with Gasteiger partial charge in [0.1, 0.15) is 6.61 Å². The molecular formula is C19H19N3O3. The van der Waals surface area contributed by atoms with E-state index in [0.717, 1.165) is 22.4 Å². The van der Waals surface area contributed by atoms with Crippen LogP contribution in [0.15, 0.2) is 53.5 Å². The first-order valence-electron chi connectivity index (χ1n) is 7.97. The van der Waals surface area contributed by atoms with Gasteiger partial charge in [0.05, 0.1) is 5.69 Å². The highest BCUT2D eigenvalue weighted by atomic mass is 16.5. The maximum Gasteiger partial charge on any atom is 0.409 e. The number of carbonyl (C=O) groups excluding carboxylic acids is 2. The van der Waals surface area contributed by atoms with Crippen LogP contribution in [0.3, 0.4) is 0 Å². The highest BCUT2D eigenvalue weighted by Gasteiger charge is 2.26. The van der Waals surface area contributed by atoms with Gasteiger partial charge in [-0.15, -0.1) is 0 Å². The molecule has 1 aliphatic rings. The lowest BCUT2D eigenvalue weighted by atomic mass is 10.0. The normalized spacial score (nSPS) is 16.2. The van der Waals surface area contributed by atoms with Gasteiger partial charge in [-0.2, -0.15) is 0 Å². The van der Waals surface area contributed by atoms with E-state index in [4.69, 9.17) is 4.74 Å². The molecule has 3 rings (SSSR count). The number of anilines is 1. The third kappa shape index (κ3) is 3.85. The van der Waals surface area contributed by atoms with Crippen LogP contribution >= 0.6 is 0 Å². The van der Waals surface area contributed by atoms with Gasteiger partial charge in [-0.3, -0.25) is 15.1 Å². The zero-order valence-electron chi connectivity index (χ0n) is 14.1. The van der Waals surface area contributed by atoms with Gasteiger partial charge in [0.25, 0.3) is 5.91 Å². The molecule has 0 spiro atoms. The molecule has 1 unspecified atom stereocenters. The van der Waals surface area contributed by atoms with Gasteiger partial charge >= 0.3 is 6.09 Å². The molecule has 6 heteroatoms. The lowest BCUT2D eigenvalue weighted by Gasteiger charge is -2.14. The van der Waals surface area contributed by atoms with Gasteiger partial charge in [0.2, 0.25) is 6.17 Å². The SMILES string of the molecule is CC1=NC(NC(=O)OCc2ccccc2)C(=O)Nc2c(C)cccc21. The number of para-hydroxylation sites is 1. The first kappa shape index (κ1) is 16.7. The number of nitrogens with zero attached hydrogens (tertiary/aromatic N) is 1. The first-order valence-corrected chi connectivity index (χ1v) is 7.97. The maximum absolute atomic E-state index is 12.4. The second-order valence-electron chi connectivity index (χ2n) is 5.81.